The minimum absolute atomic E-state index is 0.0536. The molecule has 3 rings (SSSR count). The van der Waals surface area contributed by atoms with Crippen molar-refractivity contribution in [3.05, 3.63) is 71.3 Å². The summed E-state index contributed by atoms with van der Waals surface area (Å²) in [6.07, 6.45) is 4.94. The smallest absolute Gasteiger partial charge is 0.333 e. The lowest BCUT2D eigenvalue weighted by Crippen LogP contribution is -2.33. The van der Waals surface area contributed by atoms with Crippen LogP contribution < -0.4 is 10.6 Å². The average Bonchev–Trinajstić information content (AvgIpc) is 3.55. The number of nitrogens with one attached hydrogen (secondary N) is 2. The fourth-order valence-electron chi connectivity index (χ4n) is 2.67. The Bertz CT molecular complexity index is 915. The predicted octanol–water partition coefficient (Wildman–Crippen LogP) is 2.33. The number of rotatable bonds is 7. The summed E-state index contributed by atoms with van der Waals surface area (Å²) >= 11 is 0. The minimum Gasteiger partial charge on any atom is -0.508 e. The first-order valence-electron chi connectivity index (χ1n) is 9.22. The molecular formula is C22H22N2O5. The zero-order chi connectivity index (χ0) is 20.8. The molecule has 2 amide bonds. The van der Waals surface area contributed by atoms with Crippen LogP contribution >= 0.6 is 0 Å². The Morgan fingerprint density at radius 1 is 1.07 bits per heavy atom. The summed E-state index contributed by atoms with van der Waals surface area (Å²) in [6, 6.07) is 12.1. The molecule has 0 heterocycles. The molecule has 1 saturated carbocycles. The van der Waals surface area contributed by atoms with Crippen molar-refractivity contribution in [1.82, 2.24) is 10.6 Å². The van der Waals surface area contributed by atoms with Crippen LogP contribution in [0.15, 0.2) is 54.6 Å². The van der Waals surface area contributed by atoms with Crippen LogP contribution in [-0.2, 0) is 14.3 Å². The van der Waals surface area contributed by atoms with Crippen molar-refractivity contribution in [2.75, 3.05) is 7.11 Å². The first kappa shape index (κ1) is 20.1. The zero-order valence-electron chi connectivity index (χ0n) is 15.9. The Labute approximate surface area is 168 Å². The standard InChI is InChI=1S/C22H22N2O5/c1-29-22(28)20(15-7-11-18(25)12-8-15)24-19(26)13-4-14-2-5-16(6-3-14)21(27)23-17-9-10-17/h2-8,11-13,17,20,25H,9-10H2,1H3,(H,23,27)(H,24,26)/b13-4+. The van der Waals surface area contributed by atoms with Crippen LogP contribution in [0.3, 0.4) is 0 Å². The van der Waals surface area contributed by atoms with Crippen molar-refractivity contribution in [1.29, 1.82) is 0 Å². The molecule has 1 fully saturated rings. The molecular weight excluding hydrogens is 372 g/mol. The summed E-state index contributed by atoms with van der Waals surface area (Å²) in [5.41, 5.74) is 1.79. The summed E-state index contributed by atoms with van der Waals surface area (Å²) in [6.45, 7) is 0. The number of hydrogen-bond acceptors (Lipinski definition) is 5. The molecule has 0 radical (unpaired) electrons. The van der Waals surface area contributed by atoms with E-state index in [1.165, 1.54) is 37.5 Å². The van der Waals surface area contributed by atoms with Gasteiger partial charge < -0.3 is 20.5 Å². The molecule has 29 heavy (non-hydrogen) atoms. The average molecular weight is 394 g/mol. The molecule has 2 aromatic rings. The Kier molecular flexibility index (Phi) is 6.29. The van der Waals surface area contributed by atoms with E-state index in [1.807, 2.05) is 0 Å². The molecule has 3 N–H and O–H groups in total. The van der Waals surface area contributed by atoms with Gasteiger partial charge in [-0.3, -0.25) is 9.59 Å². The molecule has 1 atom stereocenters. The number of carbonyl (C=O) groups excluding carboxylic acids is 3. The molecule has 0 aliphatic heterocycles. The van der Waals surface area contributed by atoms with Gasteiger partial charge in [-0.25, -0.2) is 4.79 Å². The number of hydrogen-bond donors (Lipinski definition) is 3. The molecule has 0 aromatic heterocycles. The van der Waals surface area contributed by atoms with E-state index in [1.54, 1.807) is 30.3 Å². The van der Waals surface area contributed by atoms with E-state index in [-0.39, 0.29) is 11.7 Å². The normalized spacial score (nSPS) is 14.2. The Hall–Kier alpha value is -3.61. The van der Waals surface area contributed by atoms with E-state index in [0.29, 0.717) is 17.2 Å². The molecule has 1 aliphatic rings. The van der Waals surface area contributed by atoms with Gasteiger partial charge in [0.1, 0.15) is 5.75 Å². The van der Waals surface area contributed by atoms with Crippen molar-refractivity contribution < 1.29 is 24.2 Å². The second-order valence-corrected chi connectivity index (χ2v) is 6.76. The lowest BCUT2D eigenvalue weighted by atomic mass is 10.1. The van der Waals surface area contributed by atoms with Gasteiger partial charge in [0.2, 0.25) is 5.91 Å². The Balaban J connectivity index is 1.62. The van der Waals surface area contributed by atoms with Gasteiger partial charge >= 0.3 is 5.97 Å². The number of benzene rings is 2. The van der Waals surface area contributed by atoms with E-state index in [2.05, 4.69) is 10.6 Å². The van der Waals surface area contributed by atoms with E-state index in [9.17, 15) is 19.5 Å². The lowest BCUT2D eigenvalue weighted by Gasteiger charge is -2.16. The monoisotopic (exact) mass is 394 g/mol. The van der Waals surface area contributed by atoms with E-state index in [0.717, 1.165) is 18.4 Å². The molecule has 7 heteroatoms. The van der Waals surface area contributed by atoms with E-state index in [4.69, 9.17) is 4.74 Å². The summed E-state index contributed by atoms with van der Waals surface area (Å²) in [5.74, 6) is -1.15. The van der Waals surface area contributed by atoms with Gasteiger partial charge in [-0.1, -0.05) is 24.3 Å². The Morgan fingerprint density at radius 3 is 2.31 bits per heavy atom. The van der Waals surface area contributed by atoms with Crippen molar-refractivity contribution in [2.45, 2.75) is 24.9 Å². The van der Waals surface area contributed by atoms with Crippen LogP contribution in [0.1, 0.15) is 40.4 Å². The van der Waals surface area contributed by atoms with Crippen LogP contribution in [0, 0.1) is 0 Å². The molecule has 7 nitrogen and oxygen atoms in total. The maximum atomic E-state index is 12.3. The number of amides is 2. The second-order valence-electron chi connectivity index (χ2n) is 6.76. The van der Waals surface area contributed by atoms with Gasteiger partial charge in [-0.05, 0) is 54.3 Å². The van der Waals surface area contributed by atoms with Crippen molar-refractivity contribution in [2.24, 2.45) is 0 Å². The van der Waals surface area contributed by atoms with Crippen LogP contribution in [0.5, 0.6) is 5.75 Å². The van der Waals surface area contributed by atoms with Gasteiger partial charge in [0.15, 0.2) is 6.04 Å². The highest BCUT2D eigenvalue weighted by atomic mass is 16.5. The number of phenolic OH excluding ortho intramolecular Hbond substituents is 1. The minimum atomic E-state index is -0.994. The fourth-order valence-corrected chi connectivity index (χ4v) is 2.67. The molecule has 0 spiro atoms. The summed E-state index contributed by atoms with van der Waals surface area (Å²) < 4.78 is 4.75. The molecule has 1 unspecified atom stereocenters. The highest BCUT2D eigenvalue weighted by molar-refractivity contribution is 5.96. The van der Waals surface area contributed by atoms with E-state index >= 15 is 0 Å². The molecule has 1 aliphatic carbocycles. The van der Waals surface area contributed by atoms with Gasteiger partial charge in [-0.2, -0.15) is 0 Å². The number of aromatic hydroxyl groups is 1. The van der Waals surface area contributed by atoms with Gasteiger partial charge in [0, 0.05) is 17.7 Å². The SMILES string of the molecule is COC(=O)C(NC(=O)/C=C/c1ccc(C(=O)NC2CC2)cc1)c1ccc(O)cc1. The topological polar surface area (TPSA) is 105 Å². The quantitative estimate of drug-likeness (QED) is 0.494. The molecule has 0 saturated heterocycles. The zero-order valence-corrected chi connectivity index (χ0v) is 15.9. The molecule has 2 aromatic carbocycles. The van der Waals surface area contributed by atoms with Crippen molar-refractivity contribution >= 4 is 23.9 Å². The number of phenols is 1. The lowest BCUT2D eigenvalue weighted by molar-refractivity contribution is -0.144. The Morgan fingerprint density at radius 2 is 1.72 bits per heavy atom. The predicted molar refractivity (Wildman–Crippen MR) is 107 cm³/mol. The fraction of sp³-hybridized carbons (Fsp3) is 0.227. The number of methoxy groups -OCH3 is 1. The molecule has 150 valence electrons. The first-order chi connectivity index (χ1) is 14.0. The van der Waals surface area contributed by atoms with Crippen LogP contribution in [0.4, 0.5) is 0 Å². The van der Waals surface area contributed by atoms with Crippen molar-refractivity contribution in [3.63, 3.8) is 0 Å². The number of ether oxygens (including phenoxy) is 1. The maximum Gasteiger partial charge on any atom is 0.333 e. The summed E-state index contributed by atoms with van der Waals surface area (Å²) in [7, 11) is 1.23. The highest BCUT2D eigenvalue weighted by Crippen LogP contribution is 2.20. The van der Waals surface area contributed by atoms with Crippen LogP contribution in [0.2, 0.25) is 0 Å². The first-order valence-corrected chi connectivity index (χ1v) is 9.22. The second kappa shape index (κ2) is 9.05. The third-order valence-electron chi connectivity index (χ3n) is 4.46. The largest absolute Gasteiger partial charge is 0.508 e. The number of carbonyl (C=O) groups is 3. The van der Waals surface area contributed by atoms with Gasteiger partial charge in [0.25, 0.3) is 5.91 Å². The summed E-state index contributed by atoms with van der Waals surface area (Å²) in [4.78, 5) is 36.3. The number of esters is 1. The van der Waals surface area contributed by atoms with Crippen LogP contribution in [0.25, 0.3) is 6.08 Å². The van der Waals surface area contributed by atoms with Gasteiger partial charge in [-0.15, -0.1) is 0 Å². The highest BCUT2D eigenvalue weighted by Gasteiger charge is 2.24. The summed E-state index contributed by atoms with van der Waals surface area (Å²) in [5, 5.41) is 14.9. The van der Waals surface area contributed by atoms with Crippen LogP contribution in [-0.4, -0.2) is 36.0 Å². The van der Waals surface area contributed by atoms with Crippen molar-refractivity contribution in [3.8, 4) is 5.75 Å². The van der Waals surface area contributed by atoms with Gasteiger partial charge in [0.05, 0.1) is 7.11 Å². The third kappa shape index (κ3) is 5.68. The maximum absolute atomic E-state index is 12.3. The third-order valence-corrected chi connectivity index (χ3v) is 4.46. The van der Waals surface area contributed by atoms with E-state index < -0.39 is 17.9 Å². The molecule has 0 bridgehead atoms.